The van der Waals surface area contributed by atoms with Crippen molar-refractivity contribution in [3.05, 3.63) is 0 Å². The Balaban J connectivity index is 1.86. The minimum atomic E-state index is 0.124. The summed E-state index contributed by atoms with van der Waals surface area (Å²) in [6, 6.07) is 0.509. The molecule has 2 atom stereocenters. The Bertz CT molecular complexity index is 294. The van der Waals surface area contributed by atoms with E-state index in [1.807, 2.05) is 0 Å². The van der Waals surface area contributed by atoms with Gasteiger partial charge in [-0.3, -0.25) is 9.69 Å². The van der Waals surface area contributed by atoms with Crippen molar-refractivity contribution in [1.82, 2.24) is 10.2 Å². The number of amides is 1. The van der Waals surface area contributed by atoms with E-state index < -0.39 is 0 Å². The van der Waals surface area contributed by atoms with Gasteiger partial charge >= 0.3 is 0 Å². The molecule has 5 nitrogen and oxygen atoms in total. The number of hydrogen-bond acceptors (Lipinski definition) is 4. The molecule has 1 saturated carbocycles. The van der Waals surface area contributed by atoms with Crippen LogP contribution in [0.2, 0.25) is 0 Å². The number of likely N-dealkylation sites (tertiary alicyclic amines) is 1. The third-order valence-electron chi connectivity index (χ3n) is 4.24. The summed E-state index contributed by atoms with van der Waals surface area (Å²) in [7, 11) is 1.77. The van der Waals surface area contributed by atoms with Crippen molar-refractivity contribution >= 4 is 5.91 Å². The molecule has 19 heavy (non-hydrogen) atoms. The summed E-state index contributed by atoms with van der Waals surface area (Å²) in [4.78, 5) is 14.5. The highest BCUT2D eigenvalue weighted by Gasteiger charge is 2.38. The quantitative estimate of drug-likeness (QED) is 0.693. The van der Waals surface area contributed by atoms with Crippen molar-refractivity contribution in [1.29, 1.82) is 0 Å². The van der Waals surface area contributed by atoms with Crippen LogP contribution in [0.15, 0.2) is 0 Å². The second kappa shape index (κ2) is 7.22. The Hall–Kier alpha value is -0.650. The van der Waals surface area contributed by atoms with Crippen LogP contribution in [0.5, 0.6) is 0 Å². The van der Waals surface area contributed by atoms with E-state index in [0.29, 0.717) is 19.1 Å². The molecule has 0 radical (unpaired) electrons. The van der Waals surface area contributed by atoms with Gasteiger partial charge < -0.3 is 15.8 Å². The highest BCUT2D eigenvalue weighted by Crippen LogP contribution is 2.37. The van der Waals surface area contributed by atoms with Gasteiger partial charge in [0.1, 0.15) is 0 Å². The molecule has 1 heterocycles. The summed E-state index contributed by atoms with van der Waals surface area (Å²) in [5.41, 5.74) is 5.43. The van der Waals surface area contributed by atoms with Crippen molar-refractivity contribution in [3.63, 3.8) is 0 Å². The lowest BCUT2D eigenvalue weighted by molar-refractivity contribution is -0.127. The number of nitrogens with zero attached hydrogens (tertiary/aromatic N) is 1. The molecule has 0 spiro atoms. The molecule has 110 valence electrons. The molecular weight excluding hydrogens is 242 g/mol. The molecule has 0 aromatic heterocycles. The monoisotopic (exact) mass is 269 g/mol. The first-order chi connectivity index (χ1) is 9.26. The van der Waals surface area contributed by atoms with Gasteiger partial charge in [0.15, 0.2) is 0 Å². The Labute approximate surface area is 115 Å². The zero-order valence-electron chi connectivity index (χ0n) is 11.9. The van der Waals surface area contributed by atoms with Gasteiger partial charge in [-0.05, 0) is 38.1 Å². The summed E-state index contributed by atoms with van der Waals surface area (Å²) >= 11 is 0. The molecule has 2 rings (SSSR count). The Kier molecular flexibility index (Phi) is 5.60. The molecule has 2 unspecified atom stereocenters. The van der Waals surface area contributed by atoms with E-state index in [0.717, 1.165) is 38.5 Å². The number of piperidine rings is 1. The average molecular weight is 269 g/mol. The van der Waals surface area contributed by atoms with Crippen molar-refractivity contribution < 1.29 is 9.53 Å². The molecular formula is C14H27N3O2. The smallest absolute Gasteiger partial charge is 0.224 e. The van der Waals surface area contributed by atoms with Gasteiger partial charge in [0, 0.05) is 32.8 Å². The SMILES string of the molecule is COCC(C1CC1)N1CCCC(C(=O)NCCN)C1. The molecule has 2 aliphatic rings. The van der Waals surface area contributed by atoms with Gasteiger partial charge in [-0.1, -0.05) is 0 Å². The summed E-state index contributed by atoms with van der Waals surface area (Å²) in [6.45, 7) is 3.87. The molecule has 1 aliphatic heterocycles. The lowest BCUT2D eigenvalue weighted by Crippen LogP contribution is -2.49. The first kappa shape index (κ1) is 14.8. The fraction of sp³-hybridized carbons (Fsp3) is 0.929. The van der Waals surface area contributed by atoms with E-state index in [9.17, 15) is 4.79 Å². The molecule has 1 saturated heterocycles. The summed E-state index contributed by atoms with van der Waals surface area (Å²) < 4.78 is 5.36. The Morgan fingerprint density at radius 1 is 1.47 bits per heavy atom. The summed E-state index contributed by atoms with van der Waals surface area (Å²) in [5, 5.41) is 2.92. The number of carbonyl (C=O) groups excluding carboxylic acids is 1. The van der Waals surface area contributed by atoms with Crippen LogP contribution in [0.25, 0.3) is 0 Å². The maximum Gasteiger partial charge on any atom is 0.224 e. The standard InChI is InChI=1S/C14H27N3O2/c1-19-10-13(11-4-5-11)17-8-2-3-12(9-17)14(18)16-7-6-15/h11-13H,2-10,15H2,1H3,(H,16,18). The number of hydrogen-bond donors (Lipinski definition) is 2. The van der Waals surface area contributed by atoms with E-state index in [2.05, 4.69) is 10.2 Å². The van der Waals surface area contributed by atoms with E-state index in [1.165, 1.54) is 12.8 Å². The van der Waals surface area contributed by atoms with Crippen LogP contribution >= 0.6 is 0 Å². The van der Waals surface area contributed by atoms with Gasteiger partial charge in [0.25, 0.3) is 0 Å². The van der Waals surface area contributed by atoms with E-state index in [-0.39, 0.29) is 11.8 Å². The second-order valence-electron chi connectivity index (χ2n) is 5.77. The maximum absolute atomic E-state index is 12.0. The number of nitrogens with one attached hydrogen (secondary N) is 1. The summed E-state index contributed by atoms with van der Waals surface area (Å²) in [5.74, 6) is 1.08. The zero-order valence-corrected chi connectivity index (χ0v) is 11.9. The van der Waals surface area contributed by atoms with Crippen LogP contribution in [0.4, 0.5) is 0 Å². The van der Waals surface area contributed by atoms with Crippen LogP contribution in [0.1, 0.15) is 25.7 Å². The highest BCUT2D eigenvalue weighted by atomic mass is 16.5. The predicted molar refractivity (Wildman–Crippen MR) is 74.7 cm³/mol. The number of rotatable bonds is 7. The van der Waals surface area contributed by atoms with E-state index in [4.69, 9.17) is 10.5 Å². The van der Waals surface area contributed by atoms with Crippen LogP contribution in [0.3, 0.4) is 0 Å². The normalized spacial score (nSPS) is 26.1. The predicted octanol–water partition coefficient (Wildman–Crippen LogP) is 0.198. The van der Waals surface area contributed by atoms with Crippen LogP contribution in [-0.2, 0) is 9.53 Å². The fourth-order valence-electron chi connectivity index (χ4n) is 3.05. The highest BCUT2D eigenvalue weighted by molar-refractivity contribution is 5.78. The molecule has 0 bridgehead atoms. The lowest BCUT2D eigenvalue weighted by atomic mass is 9.95. The van der Waals surface area contributed by atoms with Gasteiger partial charge in [-0.25, -0.2) is 0 Å². The number of carbonyl (C=O) groups is 1. The molecule has 2 fully saturated rings. The lowest BCUT2D eigenvalue weighted by Gasteiger charge is -2.37. The minimum Gasteiger partial charge on any atom is -0.383 e. The molecule has 3 N–H and O–H groups in total. The van der Waals surface area contributed by atoms with Crippen LogP contribution in [0, 0.1) is 11.8 Å². The van der Waals surface area contributed by atoms with Gasteiger partial charge in [-0.15, -0.1) is 0 Å². The summed E-state index contributed by atoms with van der Waals surface area (Å²) in [6.07, 6.45) is 4.73. The van der Waals surface area contributed by atoms with Crippen LogP contribution in [-0.4, -0.2) is 56.7 Å². The molecule has 0 aromatic rings. The first-order valence-electron chi connectivity index (χ1n) is 7.47. The van der Waals surface area contributed by atoms with Crippen LogP contribution < -0.4 is 11.1 Å². The van der Waals surface area contributed by atoms with Crippen molar-refractivity contribution in [2.24, 2.45) is 17.6 Å². The Morgan fingerprint density at radius 3 is 2.89 bits per heavy atom. The average Bonchev–Trinajstić information content (AvgIpc) is 3.26. The molecule has 1 aliphatic carbocycles. The van der Waals surface area contributed by atoms with E-state index in [1.54, 1.807) is 7.11 Å². The second-order valence-corrected chi connectivity index (χ2v) is 5.77. The third-order valence-corrected chi connectivity index (χ3v) is 4.24. The van der Waals surface area contributed by atoms with Crippen molar-refractivity contribution in [3.8, 4) is 0 Å². The molecule has 1 amide bonds. The van der Waals surface area contributed by atoms with E-state index >= 15 is 0 Å². The first-order valence-corrected chi connectivity index (χ1v) is 7.47. The third kappa shape index (κ3) is 4.16. The van der Waals surface area contributed by atoms with Gasteiger partial charge in [0.2, 0.25) is 5.91 Å². The number of ether oxygens (including phenoxy) is 1. The van der Waals surface area contributed by atoms with Crippen molar-refractivity contribution in [2.75, 3.05) is 39.9 Å². The Morgan fingerprint density at radius 2 is 2.26 bits per heavy atom. The number of methoxy groups -OCH3 is 1. The maximum atomic E-state index is 12.0. The molecule has 5 heteroatoms. The molecule has 0 aromatic carbocycles. The minimum absolute atomic E-state index is 0.124. The fourth-order valence-corrected chi connectivity index (χ4v) is 3.05. The van der Waals surface area contributed by atoms with Crippen molar-refractivity contribution in [2.45, 2.75) is 31.7 Å². The largest absolute Gasteiger partial charge is 0.383 e. The number of nitrogens with two attached hydrogens (primary N) is 1. The topological polar surface area (TPSA) is 67.6 Å². The van der Waals surface area contributed by atoms with Gasteiger partial charge in [0.05, 0.1) is 12.5 Å². The van der Waals surface area contributed by atoms with Gasteiger partial charge in [-0.2, -0.15) is 0 Å². The zero-order chi connectivity index (χ0) is 13.7.